The number of rotatable bonds is 3. The minimum absolute atomic E-state index is 0.403. The van der Waals surface area contributed by atoms with Crippen molar-refractivity contribution in [3.63, 3.8) is 0 Å². The maximum atomic E-state index is 3.80. The second kappa shape index (κ2) is 4.83. The summed E-state index contributed by atoms with van der Waals surface area (Å²) in [6.45, 7) is 13.0. The van der Waals surface area contributed by atoms with Crippen molar-refractivity contribution < 1.29 is 0 Å². The van der Waals surface area contributed by atoms with Crippen LogP contribution in [0.2, 0.25) is 0 Å². The summed E-state index contributed by atoms with van der Waals surface area (Å²) >= 11 is 0. The van der Waals surface area contributed by atoms with Gasteiger partial charge in [-0.2, -0.15) is 0 Å². The molecule has 0 N–H and O–H groups in total. The average Bonchev–Trinajstić information content (AvgIpc) is 2.15. The smallest absolute Gasteiger partial charge is 0.0125 e. The van der Waals surface area contributed by atoms with Crippen LogP contribution < -0.4 is 0 Å². The van der Waals surface area contributed by atoms with Gasteiger partial charge in [-0.15, -0.1) is 0 Å². The minimum atomic E-state index is 0.403. The van der Waals surface area contributed by atoms with Gasteiger partial charge in [-0.25, -0.2) is 0 Å². The van der Waals surface area contributed by atoms with Crippen molar-refractivity contribution >= 4 is 0 Å². The third-order valence-electron chi connectivity index (χ3n) is 3.64. The van der Waals surface area contributed by atoms with E-state index in [-0.39, 0.29) is 0 Å². The van der Waals surface area contributed by atoms with E-state index < -0.39 is 0 Å². The van der Waals surface area contributed by atoms with Gasteiger partial charge in [0.2, 0.25) is 0 Å². The number of hydrogen-bond donors (Lipinski definition) is 0. The van der Waals surface area contributed by atoms with Crippen LogP contribution >= 0.6 is 0 Å². The fourth-order valence-electron chi connectivity index (χ4n) is 2.47. The monoisotopic (exact) mass is 204 g/mol. The molecular weight excluding hydrogens is 180 g/mol. The largest absolute Gasteiger partial charge is 0.0988 e. The molecule has 0 radical (unpaired) electrons. The summed E-state index contributed by atoms with van der Waals surface area (Å²) in [6.07, 6.45) is 9.33. The highest BCUT2D eigenvalue weighted by Crippen LogP contribution is 2.41. The Labute approximate surface area is 94.8 Å². The van der Waals surface area contributed by atoms with Gasteiger partial charge in [0.15, 0.2) is 0 Å². The Morgan fingerprint density at radius 3 is 2.67 bits per heavy atom. The van der Waals surface area contributed by atoms with E-state index in [0.29, 0.717) is 5.41 Å². The lowest BCUT2D eigenvalue weighted by Gasteiger charge is -2.34. The van der Waals surface area contributed by atoms with Gasteiger partial charge >= 0.3 is 0 Å². The maximum absolute atomic E-state index is 3.80. The van der Waals surface area contributed by atoms with E-state index in [1.807, 2.05) is 6.08 Å². The van der Waals surface area contributed by atoms with Gasteiger partial charge in [0.25, 0.3) is 0 Å². The zero-order valence-electron chi connectivity index (χ0n) is 10.7. The molecule has 1 aliphatic carbocycles. The Morgan fingerprint density at radius 2 is 2.13 bits per heavy atom. The van der Waals surface area contributed by atoms with Gasteiger partial charge in [-0.1, -0.05) is 49.3 Å². The van der Waals surface area contributed by atoms with Crippen LogP contribution in [-0.4, -0.2) is 0 Å². The van der Waals surface area contributed by atoms with Crippen LogP contribution in [0.5, 0.6) is 0 Å². The zero-order chi connectivity index (χ0) is 11.5. The van der Waals surface area contributed by atoms with Crippen LogP contribution in [0.3, 0.4) is 0 Å². The molecule has 0 saturated carbocycles. The third-order valence-corrected chi connectivity index (χ3v) is 3.64. The van der Waals surface area contributed by atoms with Crippen molar-refractivity contribution in [2.24, 2.45) is 5.41 Å². The summed E-state index contributed by atoms with van der Waals surface area (Å²) in [5.74, 6) is 0. The fourth-order valence-corrected chi connectivity index (χ4v) is 2.47. The summed E-state index contributed by atoms with van der Waals surface area (Å²) < 4.78 is 0. The van der Waals surface area contributed by atoms with E-state index in [2.05, 4.69) is 40.3 Å². The number of hydrogen-bond acceptors (Lipinski definition) is 0. The molecule has 1 aliphatic rings. The van der Waals surface area contributed by atoms with Crippen molar-refractivity contribution in [3.05, 3.63) is 35.5 Å². The Hall–Kier alpha value is -0.780. The summed E-state index contributed by atoms with van der Waals surface area (Å²) in [4.78, 5) is 0. The molecule has 0 aromatic carbocycles. The van der Waals surface area contributed by atoms with Gasteiger partial charge in [-0.3, -0.25) is 0 Å². The van der Waals surface area contributed by atoms with E-state index in [4.69, 9.17) is 0 Å². The molecule has 0 heterocycles. The Balaban J connectivity index is 2.85. The van der Waals surface area contributed by atoms with Crippen LogP contribution in [-0.2, 0) is 0 Å². The topological polar surface area (TPSA) is 0 Å². The van der Waals surface area contributed by atoms with E-state index in [9.17, 15) is 0 Å². The molecule has 0 amide bonds. The first-order chi connectivity index (χ1) is 6.97. The second-order valence-electron chi connectivity index (χ2n) is 5.35. The molecule has 0 aromatic heterocycles. The normalized spacial score (nSPS) is 21.7. The molecule has 0 atom stereocenters. The third kappa shape index (κ3) is 3.09. The molecule has 1 rings (SSSR count). The predicted octanol–water partition coefficient (Wildman–Crippen LogP) is 5.04. The first-order valence-corrected chi connectivity index (χ1v) is 5.95. The summed E-state index contributed by atoms with van der Waals surface area (Å²) in [5, 5.41) is 0. The van der Waals surface area contributed by atoms with Crippen LogP contribution in [0.15, 0.2) is 35.5 Å². The quantitative estimate of drug-likeness (QED) is 0.446. The number of allylic oxidation sites excluding steroid dienone is 5. The minimum Gasteiger partial charge on any atom is -0.0988 e. The molecule has 0 spiro atoms. The zero-order valence-corrected chi connectivity index (χ0v) is 10.7. The van der Waals surface area contributed by atoms with Gasteiger partial charge in [0.1, 0.15) is 0 Å². The van der Waals surface area contributed by atoms with E-state index >= 15 is 0 Å². The summed E-state index contributed by atoms with van der Waals surface area (Å²) in [7, 11) is 0. The second-order valence-corrected chi connectivity index (χ2v) is 5.35. The first-order valence-electron chi connectivity index (χ1n) is 5.95. The lowest BCUT2D eigenvalue weighted by Crippen LogP contribution is -2.20. The van der Waals surface area contributed by atoms with Gasteiger partial charge in [0.05, 0.1) is 0 Å². The maximum Gasteiger partial charge on any atom is -0.0125 e. The van der Waals surface area contributed by atoms with Crippen molar-refractivity contribution in [1.82, 2.24) is 0 Å². The highest BCUT2D eigenvalue weighted by atomic mass is 14.3. The van der Waals surface area contributed by atoms with Crippen LogP contribution in [0, 0.1) is 5.41 Å². The molecule has 0 fully saturated rings. The molecule has 0 aromatic rings. The van der Waals surface area contributed by atoms with Crippen LogP contribution in [0.4, 0.5) is 0 Å². The van der Waals surface area contributed by atoms with Crippen molar-refractivity contribution in [2.45, 2.75) is 53.4 Å². The van der Waals surface area contributed by atoms with E-state index in [1.165, 1.54) is 24.8 Å². The van der Waals surface area contributed by atoms with Crippen LogP contribution in [0.25, 0.3) is 0 Å². The van der Waals surface area contributed by atoms with Crippen LogP contribution in [0.1, 0.15) is 53.4 Å². The van der Waals surface area contributed by atoms with Gasteiger partial charge in [0, 0.05) is 0 Å². The SMILES string of the molecule is C=CC(C)=CCC1=C(C)CCCC1(C)C. The highest BCUT2D eigenvalue weighted by molar-refractivity contribution is 5.27. The van der Waals surface area contributed by atoms with Crippen molar-refractivity contribution in [2.75, 3.05) is 0 Å². The summed E-state index contributed by atoms with van der Waals surface area (Å²) in [5.41, 5.74) is 4.95. The molecule has 0 aliphatic heterocycles. The van der Waals surface area contributed by atoms with Gasteiger partial charge in [-0.05, 0) is 44.9 Å². The molecule has 15 heavy (non-hydrogen) atoms. The molecule has 0 heteroatoms. The molecule has 0 bridgehead atoms. The molecule has 84 valence electrons. The predicted molar refractivity (Wildman–Crippen MR) is 68.9 cm³/mol. The summed E-state index contributed by atoms with van der Waals surface area (Å²) in [6, 6.07) is 0. The highest BCUT2D eigenvalue weighted by Gasteiger charge is 2.27. The molecular formula is C15H24. The molecule has 0 unspecified atom stereocenters. The Morgan fingerprint density at radius 1 is 1.47 bits per heavy atom. The van der Waals surface area contributed by atoms with Gasteiger partial charge < -0.3 is 0 Å². The lowest BCUT2D eigenvalue weighted by atomic mass is 9.71. The van der Waals surface area contributed by atoms with E-state index in [0.717, 1.165) is 6.42 Å². The van der Waals surface area contributed by atoms with Crippen molar-refractivity contribution in [1.29, 1.82) is 0 Å². The Bertz CT molecular complexity index is 300. The molecule has 0 nitrogen and oxygen atoms in total. The Kier molecular flexibility index (Phi) is 3.96. The van der Waals surface area contributed by atoms with Crippen molar-refractivity contribution in [3.8, 4) is 0 Å². The lowest BCUT2D eigenvalue weighted by molar-refractivity contribution is 0.360. The first kappa shape index (κ1) is 12.3. The molecule has 0 saturated heterocycles. The fraction of sp³-hybridized carbons (Fsp3) is 0.600. The van der Waals surface area contributed by atoms with E-state index in [1.54, 1.807) is 11.1 Å². The standard InChI is InChI=1S/C15H24/c1-6-12(2)9-10-14-13(3)8-7-11-15(14,4)5/h6,9H,1,7-8,10-11H2,2-5H3. The average molecular weight is 204 g/mol.